The molecule has 1 aliphatic rings. The zero-order valence-corrected chi connectivity index (χ0v) is 16.4. The first-order valence-corrected chi connectivity index (χ1v) is 10.1. The summed E-state index contributed by atoms with van der Waals surface area (Å²) in [5.41, 5.74) is 3.83. The van der Waals surface area contributed by atoms with Gasteiger partial charge in [0, 0.05) is 30.0 Å². The predicted octanol–water partition coefficient (Wildman–Crippen LogP) is 5.22. The molecule has 1 aliphatic heterocycles. The molecule has 1 N–H and O–H groups in total. The number of anilines is 2. The van der Waals surface area contributed by atoms with Gasteiger partial charge in [0.1, 0.15) is 9.88 Å². The normalized spacial score (nSPS) is 16.5. The molecule has 1 aromatic heterocycles. The minimum absolute atomic E-state index is 0.102. The summed E-state index contributed by atoms with van der Waals surface area (Å²) < 4.78 is 0. The van der Waals surface area contributed by atoms with Gasteiger partial charge in [0.15, 0.2) is 0 Å². The van der Waals surface area contributed by atoms with Crippen molar-refractivity contribution in [1.82, 2.24) is 4.98 Å². The molecule has 1 atom stereocenters. The number of nitrogens with one attached hydrogen (secondary N) is 1. The van der Waals surface area contributed by atoms with Crippen molar-refractivity contribution in [2.45, 2.75) is 20.3 Å². The van der Waals surface area contributed by atoms with Gasteiger partial charge >= 0.3 is 0 Å². The summed E-state index contributed by atoms with van der Waals surface area (Å²) in [6.07, 6.45) is 1.24. The number of rotatable bonds is 4. The molecule has 2 heterocycles. The molecule has 1 amide bonds. The number of thiazole rings is 1. The van der Waals surface area contributed by atoms with Crippen molar-refractivity contribution >= 4 is 28.6 Å². The fourth-order valence-corrected chi connectivity index (χ4v) is 4.39. The number of aryl methyl sites for hydroxylation is 1. The zero-order chi connectivity index (χ0) is 18.8. The Hall–Kier alpha value is -2.66. The molecule has 0 spiro atoms. The highest BCUT2D eigenvalue weighted by Gasteiger charge is 2.19. The fraction of sp³-hybridized carbons (Fsp3) is 0.273. The molecule has 3 aromatic rings. The van der Waals surface area contributed by atoms with Crippen LogP contribution in [0.1, 0.15) is 28.7 Å². The Bertz CT molecular complexity index is 934. The van der Waals surface area contributed by atoms with E-state index in [0.29, 0.717) is 4.88 Å². The van der Waals surface area contributed by atoms with Gasteiger partial charge < -0.3 is 10.2 Å². The summed E-state index contributed by atoms with van der Waals surface area (Å²) in [5, 5.41) is 3.88. The van der Waals surface area contributed by atoms with Crippen molar-refractivity contribution in [2.75, 3.05) is 23.3 Å². The van der Waals surface area contributed by atoms with Gasteiger partial charge in [-0.2, -0.15) is 0 Å². The molecule has 27 heavy (non-hydrogen) atoms. The van der Waals surface area contributed by atoms with E-state index in [0.717, 1.165) is 41.0 Å². The third kappa shape index (κ3) is 3.88. The van der Waals surface area contributed by atoms with Gasteiger partial charge in [0.2, 0.25) is 0 Å². The van der Waals surface area contributed by atoms with Gasteiger partial charge in [-0.05, 0) is 43.5 Å². The topological polar surface area (TPSA) is 45.2 Å². The number of aromatic nitrogens is 1. The Kier molecular flexibility index (Phi) is 4.94. The summed E-state index contributed by atoms with van der Waals surface area (Å²) in [7, 11) is 0. The summed E-state index contributed by atoms with van der Waals surface area (Å²) in [5.74, 6) is 0.646. The molecule has 1 fully saturated rings. The van der Waals surface area contributed by atoms with Crippen molar-refractivity contribution in [2.24, 2.45) is 5.92 Å². The van der Waals surface area contributed by atoms with E-state index in [4.69, 9.17) is 0 Å². The minimum Gasteiger partial charge on any atom is -0.371 e. The Morgan fingerprint density at radius 1 is 1.15 bits per heavy atom. The van der Waals surface area contributed by atoms with E-state index in [2.05, 4.69) is 34.3 Å². The number of amides is 1. The molecule has 2 aromatic carbocycles. The average molecular weight is 378 g/mol. The van der Waals surface area contributed by atoms with Crippen molar-refractivity contribution in [3.05, 3.63) is 65.2 Å². The molecule has 0 aliphatic carbocycles. The Morgan fingerprint density at radius 3 is 2.56 bits per heavy atom. The van der Waals surface area contributed by atoms with Gasteiger partial charge in [-0.1, -0.05) is 37.3 Å². The first-order chi connectivity index (χ1) is 13.1. The number of hydrogen-bond donors (Lipinski definition) is 1. The number of nitrogens with zero attached hydrogens (tertiary/aromatic N) is 2. The summed E-state index contributed by atoms with van der Waals surface area (Å²) in [6, 6.07) is 18.1. The van der Waals surface area contributed by atoms with Crippen LogP contribution in [-0.4, -0.2) is 24.0 Å². The van der Waals surface area contributed by atoms with Crippen LogP contribution < -0.4 is 10.2 Å². The third-order valence-electron chi connectivity index (χ3n) is 4.94. The Morgan fingerprint density at radius 2 is 1.89 bits per heavy atom. The lowest BCUT2D eigenvalue weighted by Gasteiger charge is -2.18. The maximum absolute atomic E-state index is 12.7. The van der Waals surface area contributed by atoms with E-state index in [1.165, 1.54) is 23.4 Å². The van der Waals surface area contributed by atoms with E-state index < -0.39 is 0 Å². The second-order valence-corrected chi connectivity index (χ2v) is 8.14. The summed E-state index contributed by atoms with van der Waals surface area (Å²) in [6.45, 7) is 6.38. The molecule has 0 saturated carbocycles. The van der Waals surface area contributed by atoms with Crippen LogP contribution in [0.25, 0.3) is 10.6 Å². The lowest BCUT2D eigenvalue weighted by atomic mass is 10.2. The van der Waals surface area contributed by atoms with Crippen LogP contribution in [0.15, 0.2) is 54.6 Å². The third-order valence-corrected chi connectivity index (χ3v) is 6.14. The first kappa shape index (κ1) is 17.7. The van der Waals surface area contributed by atoms with Crippen LogP contribution in [0, 0.1) is 12.8 Å². The minimum atomic E-state index is -0.102. The number of carbonyl (C=O) groups excluding carboxylic acids is 1. The van der Waals surface area contributed by atoms with Crippen LogP contribution >= 0.6 is 11.3 Å². The Labute approximate surface area is 163 Å². The maximum Gasteiger partial charge on any atom is 0.267 e. The molecule has 4 nitrogen and oxygen atoms in total. The van der Waals surface area contributed by atoms with E-state index in [-0.39, 0.29) is 5.91 Å². The van der Waals surface area contributed by atoms with Gasteiger partial charge in [-0.25, -0.2) is 4.98 Å². The monoisotopic (exact) mass is 377 g/mol. The van der Waals surface area contributed by atoms with E-state index in [1.54, 1.807) is 0 Å². The van der Waals surface area contributed by atoms with Crippen molar-refractivity contribution < 1.29 is 4.79 Å². The lowest BCUT2D eigenvalue weighted by molar-refractivity contribution is 0.103. The summed E-state index contributed by atoms with van der Waals surface area (Å²) in [4.78, 5) is 20.3. The second kappa shape index (κ2) is 7.53. The Balaban J connectivity index is 1.47. The number of benzene rings is 2. The predicted molar refractivity (Wildman–Crippen MR) is 113 cm³/mol. The standard InChI is InChI=1S/C22H23N3OS/c1-15-12-13-25(14-15)19-10-8-18(9-11-19)24-21(26)20-16(2)23-22(27-20)17-6-4-3-5-7-17/h3-11,15H,12-14H2,1-2H3,(H,24,26). The van der Waals surface area contributed by atoms with Gasteiger partial charge in [0.05, 0.1) is 5.69 Å². The average Bonchev–Trinajstić information content (AvgIpc) is 3.29. The fourth-order valence-electron chi connectivity index (χ4n) is 3.42. The summed E-state index contributed by atoms with van der Waals surface area (Å²) >= 11 is 1.43. The van der Waals surface area contributed by atoms with Crippen molar-refractivity contribution in [3.8, 4) is 10.6 Å². The SMILES string of the molecule is Cc1nc(-c2ccccc2)sc1C(=O)Nc1ccc(N2CCC(C)C2)cc1. The van der Waals surface area contributed by atoms with E-state index >= 15 is 0 Å². The van der Waals surface area contributed by atoms with Crippen LogP contribution in [-0.2, 0) is 0 Å². The zero-order valence-electron chi connectivity index (χ0n) is 15.6. The molecule has 138 valence electrons. The van der Waals surface area contributed by atoms with Crippen LogP contribution in [0.5, 0.6) is 0 Å². The number of hydrogen-bond acceptors (Lipinski definition) is 4. The molecule has 0 bridgehead atoms. The van der Waals surface area contributed by atoms with Crippen LogP contribution in [0.4, 0.5) is 11.4 Å². The largest absolute Gasteiger partial charge is 0.371 e. The highest BCUT2D eigenvalue weighted by molar-refractivity contribution is 7.17. The lowest BCUT2D eigenvalue weighted by Crippen LogP contribution is -2.19. The highest BCUT2D eigenvalue weighted by Crippen LogP contribution is 2.29. The molecular formula is C22H23N3OS. The smallest absolute Gasteiger partial charge is 0.267 e. The van der Waals surface area contributed by atoms with Crippen molar-refractivity contribution in [3.63, 3.8) is 0 Å². The molecular weight excluding hydrogens is 354 g/mol. The highest BCUT2D eigenvalue weighted by atomic mass is 32.1. The molecule has 5 heteroatoms. The quantitative estimate of drug-likeness (QED) is 0.678. The van der Waals surface area contributed by atoms with E-state index in [1.807, 2.05) is 49.4 Å². The maximum atomic E-state index is 12.7. The van der Waals surface area contributed by atoms with Gasteiger partial charge in [0.25, 0.3) is 5.91 Å². The van der Waals surface area contributed by atoms with Crippen LogP contribution in [0.3, 0.4) is 0 Å². The van der Waals surface area contributed by atoms with Gasteiger partial charge in [-0.3, -0.25) is 4.79 Å². The molecule has 1 saturated heterocycles. The van der Waals surface area contributed by atoms with E-state index in [9.17, 15) is 4.79 Å². The van der Waals surface area contributed by atoms with Crippen LogP contribution in [0.2, 0.25) is 0 Å². The van der Waals surface area contributed by atoms with Gasteiger partial charge in [-0.15, -0.1) is 11.3 Å². The number of carbonyl (C=O) groups is 1. The molecule has 0 radical (unpaired) electrons. The molecule has 4 rings (SSSR count). The molecule has 1 unspecified atom stereocenters. The second-order valence-electron chi connectivity index (χ2n) is 7.14. The van der Waals surface area contributed by atoms with Crippen molar-refractivity contribution in [1.29, 1.82) is 0 Å². The first-order valence-electron chi connectivity index (χ1n) is 9.29.